The molecule has 1 fully saturated rings. The van der Waals surface area contributed by atoms with Crippen molar-refractivity contribution < 1.29 is 5.11 Å². The van der Waals surface area contributed by atoms with Crippen LogP contribution in [0.25, 0.3) is 0 Å². The largest absolute Gasteiger partial charge is 0.388 e. The second-order valence-corrected chi connectivity index (χ2v) is 4.52. The molecule has 1 aromatic carbocycles. The Morgan fingerprint density at radius 3 is 2.40 bits per heavy atom. The van der Waals surface area contributed by atoms with Crippen molar-refractivity contribution in [3.63, 3.8) is 0 Å². The Morgan fingerprint density at radius 1 is 1.33 bits per heavy atom. The minimum absolute atomic E-state index is 0.285. The predicted octanol–water partition coefficient (Wildman–Crippen LogP) is 1.84. The van der Waals surface area contributed by atoms with E-state index in [9.17, 15) is 5.11 Å². The molecule has 1 aromatic rings. The summed E-state index contributed by atoms with van der Waals surface area (Å²) >= 11 is 0. The Hall–Kier alpha value is -0.860. The van der Waals surface area contributed by atoms with Gasteiger partial charge in [0.15, 0.2) is 0 Å². The molecule has 0 spiro atoms. The number of aliphatic hydroxyl groups is 1. The molecule has 0 aliphatic carbocycles. The number of hydrogen-bond donors (Lipinski definition) is 1. The highest BCUT2D eigenvalue weighted by Crippen LogP contribution is 2.28. The lowest BCUT2D eigenvalue weighted by Crippen LogP contribution is -2.46. The molecule has 1 N–H and O–H groups in total. The van der Waals surface area contributed by atoms with Gasteiger partial charge < -0.3 is 10.0 Å². The summed E-state index contributed by atoms with van der Waals surface area (Å²) in [4.78, 5) is 2.23. The van der Waals surface area contributed by atoms with Crippen molar-refractivity contribution in [2.45, 2.75) is 19.4 Å². The van der Waals surface area contributed by atoms with Crippen LogP contribution in [0.2, 0.25) is 0 Å². The first kappa shape index (κ1) is 10.7. The van der Waals surface area contributed by atoms with Crippen molar-refractivity contribution in [2.75, 3.05) is 20.1 Å². The molecule has 82 valence electrons. The molecule has 0 saturated carbocycles. The van der Waals surface area contributed by atoms with E-state index in [2.05, 4.69) is 43.1 Å². The number of hydrogen-bond acceptors (Lipinski definition) is 2. The molecule has 15 heavy (non-hydrogen) atoms. The van der Waals surface area contributed by atoms with Gasteiger partial charge >= 0.3 is 0 Å². The van der Waals surface area contributed by atoms with Gasteiger partial charge in [0.05, 0.1) is 6.10 Å². The maximum absolute atomic E-state index is 10.1. The molecule has 1 heterocycles. The summed E-state index contributed by atoms with van der Waals surface area (Å²) in [6.07, 6.45) is 0.773. The Morgan fingerprint density at radius 2 is 1.93 bits per heavy atom. The zero-order valence-electron chi connectivity index (χ0n) is 9.48. The lowest BCUT2D eigenvalue weighted by molar-refractivity contribution is 0.00899. The molecule has 0 bridgehead atoms. The molecule has 0 aromatic heterocycles. The van der Waals surface area contributed by atoms with E-state index in [1.54, 1.807) is 0 Å². The van der Waals surface area contributed by atoms with Gasteiger partial charge in [0.2, 0.25) is 0 Å². The molecule has 2 rings (SSSR count). The lowest BCUT2D eigenvalue weighted by Gasteiger charge is -2.39. The van der Waals surface area contributed by atoms with Crippen molar-refractivity contribution in [3.8, 4) is 0 Å². The van der Waals surface area contributed by atoms with E-state index in [4.69, 9.17) is 0 Å². The van der Waals surface area contributed by atoms with Crippen LogP contribution in [0, 0.1) is 5.92 Å². The van der Waals surface area contributed by atoms with E-state index in [1.165, 1.54) is 5.56 Å². The molecule has 1 unspecified atom stereocenters. The topological polar surface area (TPSA) is 23.5 Å². The van der Waals surface area contributed by atoms with Gasteiger partial charge in [-0.05, 0) is 24.6 Å². The van der Waals surface area contributed by atoms with Crippen LogP contribution >= 0.6 is 0 Å². The third-order valence-electron chi connectivity index (χ3n) is 3.27. The second-order valence-electron chi connectivity index (χ2n) is 4.52. The molecule has 1 aliphatic rings. The normalized spacial score (nSPS) is 19.9. The summed E-state index contributed by atoms with van der Waals surface area (Å²) < 4.78 is 0. The van der Waals surface area contributed by atoms with E-state index in [0.717, 1.165) is 25.1 Å². The van der Waals surface area contributed by atoms with Crippen LogP contribution in [0.5, 0.6) is 0 Å². The minimum atomic E-state index is -0.285. The van der Waals surface area contributed by atoms with Crippen molar-refractivity contribution in [1.82, 2.24) is 4.90 Å². The quantitative estimate of drug-likeness (QED) is 0.814. The summed E-state index contributed by atoms with van der Waals surface area (Å²) in [7, 11) is 2.09. The summed E-state index contributed by atoms with van der Waals surface area (Å²) in [6, 6.07) is 8.34. The zero-order valence-corrected chi connectivity index (χ0v) is 9.48. The molecule has 1 saturated heterocycles. The molecule has 1 aliphatic heterocycles. The minimum Gasteiger partial charge on any atom is -0.388 e. The van der Waals surface area contributed by atoms with E-state index >= 15 is 0 Å². The third kappa shape index (κ3) is 2.21. The highest BCUT2D eigenvalue weighted by atomic mass is 16.3. The van der Waals surface area contributed by atoms with E-state index in [-0.39, 0.29) is 6.10 Å². The molecular formula is C13H19NO. The average Bonchev–Trinajstić information content (AvgIpc) is 2.24. The Kier molecular flexibility index (Phi) is 3.08. The highest BCUT2D eigenvalue weighted by Gasteiger charge is 2.30. The number of aryl methyl sites for hydroxylation is 1. The molecule has 2 nitrogen and oxygen atoms in total. The van der Waals surface area contributed by atoms with Crippen LogP contribution in [0.4, 0.5) is 0 Å². The van der Waals surface area contributed by atoms with Crippen molar-refractivity contribution in [3.05, 3.63) is 35.4 Å². The molecular weight excluding hydrogens is 186 g/mol. The predicted molar refractivity (Wildman–Crippen MR) is 61.8 cm³/mol. The summed E-state index contributed by atoms with van der Waals surface area (Å²) in [5.74, 6) is 0.419. The van der Waals surface area contributed by atoms with Gasteiger partial charge in [-0.1, -0.05) is 31.2 Å². The van der Waals surface area contributed by atoms with Gasteiger partial charge in [-0.25, -0.2) is 0 Å². The fourth-order valence-corrected chi connectivity index (χ4v) is 2.17. The first-order valence-corrected chi connectivity index (χ1v) is 5.66. The van der Waals surface area contributed by atoms with E-state index in [0.29, 0.717) is 5.92 Å². The Labute approximate surface area is 91.5 Å². The fourth-order valence-electron chi connectivity index (χ4n) is 2.17. The molecule has 0 amide bonds. The number of benzene rings is 1. The van der Waals surface area contributed by atoms with Crippen molar-refractivity contribution in [1.29, 1.82) is 0 Å². The number of likely N-dealkylation sites (tertiary alicyclic amines) is 1. The summed E-state index contributed by atoms with van der Waals surface area (Å²) in [5.41, 5.74) is 2.39. The molecule has 0 radical (unpaired) electrons. The smallest absolute Gasteiger partial charge is 0.0842 e. The van der Waals surface area contributed by atoms with E-state index in [1.807, 2.05) is 0 Å². The van der Waals surface area contributed by atoms with Crippen molar-refractivity contribution >= 4 is 0 Å². The number of nitrogens with zero attached hydrogens (tertiary/aromatic N) is 1. The van der Waals surface area contributed by atoms with Gasteiger partial charge in [-0.2, -0.15) is 0 Å². The maximum atomic E-state index is 10.1. The molecule has 2 heteroatoms. The first-order valence-electron chi connectivity index (χ1n) is 5.66. The maximum Gasteiger partial charge on any atom is 0.0842 e. The van der Waals surface area contributed by atoms with Gasteiger partial charge in [-0.3, -0.25) is 0 Å². The Bertz CT molecular complexity index is 314. The van der Waals surface area contributed by atoms with Gasteiger partial charge in [0, 0.05) is 19.0 Å². The summed E-state index contributed by atoms with van der Waals surface area (Å²) in [6.45, 7) is 4.17. The Balaban J connectivity index is 2.02. The van der Waals surface area contributed by atoms with Gasteiger partial charge in [0.1, 0.15) is 0 Å². The SMILES string of the molecule is CCc1ccc(C(O)C2CN(C)C2)cc1. The highest BCUT2D eigenvalue weighted by molar-refractivity contribution is 5.25. The molecule has 1 atom stereocenters. The van der Waals surface area contributed by atoms with Crippen LogP contribution in [-0.4, -0.2) is 30.1 Å². The van der Waals surface area contributed by atoms with Gasteiger partial charge in [-0.15, -0.1) is 0 Å². The second kappa shape index (κ2) is 4.33. The van der Waals surface area contributed by atoms with Crippen LogP contribution in [0.1, 0.15) is 24.2 Å². The van der Waals surface area contributed by atoms with Gasteiger partial charge in [0.25, 0.3) is 0 Å². The van der Waals surface area contributed by atoms with E-state index < -0.39 is 0 Å². The monoisotopic (exact) mass is 205 g/mol. The lowest BCUT2D eigenvalue weighted by atomic mass is 9.89. The van der Waals surface area contributed by atoms with Crippen LogP contribution < -0.4 is 0 Å². The average molecular weight is 205 g/mol. The first-order chi connectivity index (χ1) is 7.20. The fraction of sp³-hybridized carbons (Fsp3) is 0.538. The summed E-state index contributed by atoms with van der Waals surface area (Å²) in [5, 5.41) is 10.1. The van der Waals surface area contributed by atoms with Crippen LogP contribution in [0.15, 0.2) is 24.3 Å². The zero-order chi connectivity index (χ0) is 10.8. The number of aliphatic hydroxyl groups excluding tert-OH is 1. The number of rotatable bonds is 3. The standard InChI is InChI=1S/C13H19NO/c1-3-10-4-6-11(7-5-10)13(15)12-8-14(2)9-12/h4-7,12-13,15H,3,8-9H2,1-2H3. The van der Waals surface area contributed by atoms with Crippen molar-refractivity contribution in [2.24, 2.45) is 5.92 Å². The third-order valence-corrected chi connectivity index (χ3v) is 3.27. The van der Waals surface area contributed by atoms with Crippen LogP contribution in [-0.2, 0) is 6.42 Å². The van der Waals surface area contributed by atoms with Crippen LogP contribution in [0.3, 0.4) is 0 Å².